The zero-order valence-corrected chi connectivity index (χ0v) is 13.1. The third kappa shape index (κ3) is 2.64. The molecule has 1 aromatic carbocycles. The summed E-state index contributed by atoms with van der Waals surface area (Å²) in [7, 11) is 0. The van der Waals surface area contributed by atoms with Crippen LogP contribution in [0.5, 0.6) is 0 Å². The van der Waals surface area contributed by atoms with Crippen LogP contribution in [0.3, 0.4) is 0 Å². The Bertz CT molecular complexity index is 537. The lowest BCUT2D eigenvalue weighted by molar-refractivity contribution is 0.0121. The first-order chi connectivity index (χ1) is 9.82. The Hall–Kier alpha value is -1.55. The number of fused-ring (bicyclic) bond motifs is 1. The quantitative estimate of drug-likeness (QED) is 0.745. The fraction of sp³-hybridized carbons (Fsp3) is 0.588. The van der Waals surface area contributed by atoms with E-state index in [4.69, 9.17) is 9.47 Å². The molecule has 2 saturated heterocycles. The second kappa shape index (κ2) is 4.73. The molecule has 2 aliphatic rings. The molecular weight excluding hydrogens is 266 g/mol. The molecule has 0 bridgehead atoms. The van der Waals surface area contributed by atoms with E-state index in [1.54, 1.807) is 4.90 Å². The van der Waals surface area contributed by atoms with E-state index in [2.05, 4.69) is 19.1 Å². The van der Waals surface area contributed by atoms with Crippen LogP contribution in [-0.4, -0.2) is 35.3 Å². The first-order valence-corrected chi connectivity index (χ1v) is 7.55. The van der Waals surface area contributed by atoms with Crippen molar-refractivity contribution in [1.82, 2.24) is 4.90 Å². The molecule has 0 radical (unpaired) electrons. The molecule has 0 aromatic heterocycles. The van der Waals surface area contributed by atoms with E-state index in [0.717, 1.165) is 6.42 Å². The number of benzene rings is 1. The highest BCUT2D eigenvalue weighted by atomic mass is 16.6. The first-order valence-electron chi connectivity index (χ1n) is 7.55. The van der Waals surface area contributed by atoms with Crippen LogP contribution in [0.1, 0.15) is 39.7 Å². The molecule has 2 aliphatic heterocycles. The largest absolute Gasteiger partial charge is 0.444 e. The van der Waals surface area contributed by atoms with Crippen molar-refractivity contribution in [2.24, 2.45) is 0 Å². The SMILES string of the molecule is CC1CC2(c3ccccc3)OC2CN1C(=O)OC(C)(C)C. The summed E-state index contributed by atoms with van der Waals surface area (Å²) in [5.74, 6) is 0. The van der Waals surface area contributed by atoms with E-state index >= 15 is 0 Å². The third-order valence-corrected chi connectivity index (χ3v) is 4.20. The smallest absolute Gasteiger partial charge is 0.410 e. The maximum Gasteiger partial charge on any atom is 0.410 e. The highest BCUT2D eigenvalue weighted by molar-refractivity contribution is 5.69. The first kappa shape index (κ1) is 14.4. The molecule has 4 heteroatoms. The number of piperidine rings is 1. The number of likely N-dealkylation sites (tertiary alicyclic amines) is 1. The lowest BCUT2D eigenvalue weighted by Crippen LogP contribution is -2.49. The van der Waals surface area contributed by atoms with Crippen molar-refractivity contribution < 1.29 is 14.3 Å². The maximum absolute atomic E-state index is 12.3. The molecule has 2 heterocycles. The molecule has 3 rings (SSSR count). The highest BCUT2D eigenvalue weighted by Crippen LogP contribution is 2.53. The minimum Gasteiger partial charge on any atom is -0.444 e. The molecule has 0 saturated carbocycles. The molecule has 21 heavy (non-hydrogen) atoms. The number of nitrogens with zero attached hydrogens (tertiary/aromatic N) is 1. The van der Waals surface area contributed by atoms with Gasteiger partial charge in [-0.2, -0.15) is 0 Å². The number of hydrogen-bond donors (Lipinski definition) is 0. The molecule has 3 atom stereocenters. The Morgan fingerprint density at radius 2 is 2.00 bits per heavy atom. The van der Waals surface area contributed by atoms with Crippen LogP contribution in [-0.2, 0) is 15.1 Å². The van der Waals surface area contributed by atoms with Crippen LogP contribution in [0, 0.1) is 0 Å². The van der Waals surface area contributed by atoms with Gasteiger partial charge in [0.15, 0.2) is 0 Å². The van der Waals surface area contributed by atoms with Crippen LogP contribution >= 0.6 is 0 Å². The van der Waals surface area contributed by atoms with Crippen molar-refractivity contribution in [3.8, 4) is 0 Å². The van der Waals surface area contributed by atoms with Crippen molar-refractivity contribution in [3.05, 3.63) is 35.9 Å². The van der Waals surface area contributed by atoms with Gasteiger partial charge in [-0.3, -0.25) is 0 Å². The predicted octanol–water partition coefficient (Wildman–Crippen LogP) is 3.31. The van der Waals surface area contributed by atoms with Gasteiger partial charge in [-0.05, 0) is 33.3 Å². The van der Waals surface area contributed by atoms with Crippen LogP contribution in [0.4, 0.5) is 4.79 Å². The van der Waals surface area contributed by atoms with Gasteiger partial charge in [0.25, 0.3) is 0 Å². The topological polar surface area (TPSA) is 42.1 Å². The van der Waals surface area contributed by atoms with Crippen molar-refractivity contribution in [2.45, 2.75) is 57.5 Å². The van der Waals surface area contributed by atoms with Gasteiger partial charge in [-0.25, -0.2) is 4.79 Å². The normalized spacial score (nSPS) is 31.5. The summed E-state index contributed by atoms with van der Waals surface area (Å²) in [5.41, 5.74) is 0.555. The third-order valence-electron chi connectivity index (χ3n) is 4.20. The van der Waals surface area contributed by atoms with Crippen molar-refractivity contribution in [2.75, 3.05) is 6.54 Å². The minimum atomic E-state index is -0.463. The molecule has 2 fully saturated rings. The van der Waals surface area contributed by atoms with Crippen molar-refractivity contribution in [3.63, 3.8) is 0 Å². The number of epoxide rings is 1. The van der Waals surface area contributed by atoms with Gasteiger partial charge in [0, 0.05) is 12.5 Å². The maximum atomic E-state index is 12.3. The lowest BCUT2D eigenvalue weighted by atomic mass is 9.85. The van der Waals surface area contributed by atoms with E-state index in [9.17, 15) is 4.79 Å². The van der Waals surface area contributed by atoms with Crippen LogP contribution in [0.25, 0.3) is 0 Å². The Balaban J connectivity index is 1.72. The average molecular weight is 289 g/mol. The number of carbonyl (C=O) groups excluding carboxylic acids is 1. The number of amides is 1. The molecule has 114 valence electrons. The van der Waals surface area contributed by atoms with E-state index in [-0.39, 0.29) is 23.8 Å². The molecular formula is C17H23NO3. The van der Waals surface area contributed by atoms with E-state index in [0.29, 0.717) is 6.54 Å². The summed E-state index contributed by atoms with van der Waals surface area (Å²) in [6, 6.07) is 10.4. The average Bonchev–Trinajstić information content (AvgIpc) is 3.11. The van der Waals surface area contributed by atoms with Gasteiger partial charge in [0.1, 0.15) is 17.3 Å². The van der Waals surface area contributed by atoms with Crippen molar-refractivity contribution in [1.29, 1.82) is 0 Å². The van der Waals surface area contributed by atoms with Gasteiger partial charge in [0.2, 0.25) is 0 Å². The number of rotatable bonds is 1. The summed E-state index contributed by atoms with van der Waals surface area (Å²) in [6.07, 6.45) is 0.664. The van der Waals surface area contributed by atoms with Gasteiger partial charge in [-0.1, -0.05) is 30.3 Å². The van der Waals surface area contributed by atoms with Gasteiger partial charge in [-0.15, -0.1) is 0 Å². The molecule has 0 spiro atoms. The number of ether oxygens (including phenoxy) is 2. The van der Waals surface area contributed by atoms with Crippen LogP contribution in [0.15, 0.2) is 30.3 Å². The molecule has 3 unspecified atom stereocenters. The summed E-state index contributed by atoms with van der Waals surface area (Å²) >= 11 is 0. The highest BCUT2D eigenvalue weighted by Gasteiger charge is 2.62. The molecule has 0 aliphatic carbocycles. The monoisotopic (exact) mass is 289 g/mol. The van der Waals surface area contributed by atoms with Crippen LogP contribution in [0.2, 0.25) is 0 Å². The lowest BCUT2D eigenvalue weighted by Gasteiger charge is -2.36. The van der Waals surface area contributed by atoms with E-state index in [1.165, 1.54) is 5.56 Å². The molecule has 0 N–H and O–H groups in total. The zero-order chi connectivity index (χ0) is 15.3. The molecule has 1 aromatic rings. The van der Waals surface area contributed by atoms with E-state index < -0.39 is 5.60 Å². The van der Waals surface area contributed by atoms with Crippen LogP contribution < -0.4 is 0 Å². The summed E-state index contributed by atoms with van der Waals surface area (Å²) in [4.78, 5) is 14.1. The fourth-order valence-corrected chi connectivity index (χ4v) is 3.16. The molecule has 1 amide bonds. The zero-order valence-electron chi connectivity index (χ0n) is 13.1. The summed E-state index contributed by atoms with van der Waals surface area (Å²) in [6.45, 7) is 8.34. The van der Waals surface area contributed by atoms with Gasteiger partial charge in [0.05, 0.1) is 6.54 Å². The minimum absolute atomic E-state index is 0.0867. The Morgan fingerprint density at radius 3 is 2.62 bits per heavy atom. The Kier molecular flexibility index (Phi) is 3.24. The Labute approximate surface area is 126 Å². The Morgan fingerprint density at radius 1 is 1.33 bits per heavy atom. The standard InChI is InChI=1S/C17H23NO3/c1-12-10-17(13-8-6-5-7-9-13)14(20-17)11-18(12)15(19)21-16(2,3)4/h5-9,12,14H,10-11H2,1-4H3. The fourth-order valence-electron chi connectivity index (χ4n) is 3.16. The predicted molar refractivity (Wildman–Crippen MR) is 80.0 cm³/mol. The second-order valence-corrected chi connectivity index (χ2v) is 7.05. The van der Waals surface area contributed by atoms with Gasteiger partial charge < -0.3 is 14.4 Å². The second-order valence-electron chi connectivity index (χ2n) is 7.05. The summed E-state index contributed by atoms with van der Waals surface area (Å²) in [5, 5.41) is 0. The molecule has 4 nitrogen and oxygen atoms in total. The number of carbonyl (C=O) groups is 1. The number of hydrogen-bond acceptors (Lipinski definition) is 3. The van der Waals surface area contributed by atoms with E-state index in [1.807, 2.05) is 39.0 Å². The summed E-state index contributed by atoms with van der Waals surface area (Å²) < 4.78 is 11.5. The van der Waals surface area contributed by atoms with Gasteiger partial charge >= 0.3 is 6.09 Å². The van der Waals surface area contributed by atoms with Crippen molar-refractivity contribution >= 4 is 6.09 Å².